The average Bonchev–Trinajstić information content (AvgIpc) is 3.19. The second-order valence-corrected chi connectivity index (χ2v) is 13.0. The van der Waals surface area contributed by atoms with Gasteiger partial charge < -0.3 is 11.1 Å². The molecule has 0 radical (unpaired) electrons. The minimum atomic E-state index is 0.281. The summed E-state index contributed by atoms with van der Waals surface area (Å²) in [6.45, 7) is 5.21. The summed E-state index contributed by atoms with van der Waals surface area (Å²) in [6, 6.07) is 52.1. The van der Waals surface area contributed by atoms with Crippen LogP contribution in [0, 0.1) is 5.92 Å². The third-order valence-corrected chi connectivity index (χ3v) is 9.28. The van der Waals surface area contributed by atoms with Gasteiger partial charge in [0.25, 0.3) is 0 Å². The molecule has 0 heterocycles. The number of nitrogens with one attached hydrogen (secondary N) is 1. The number of hydrogen-bond donors (Lipinski definition) is 2. The molecule has 0 aliphatic heterocycles. The van der Waals surface area contributed by atoms with Crippen LogP contribution in [0.5, 0.6) is 0 Å². The van der Waals surface area contributed by atoms with Crippen molar-refractivity contribution in [1.82, 2.24) is 5.32 Å². The van der Waals surface area contributed by atoms with Crippen LogP contribution in [-0.2, 0) is 6.42 Å². The Kier molecular flexibility index (Phi) is 15.1. The fraction of sp³-hybridized carbons (Fsp3) is 0.160. The third-order valence-electron chi connectivity index (χ3n) is 9.28. The molecule has 0 aromatic heterocycles. The number of benzene rings is 5. The monoisotopic (exact) mass is 680 g/mol. The van der Waals surface area contributed by atoms with Gasteiger partial charge in [-0.1, -0.05) is 177 Å². The smallest absolute Gasteiger partial charge is 0.0118 e. The van der Waals surface area contributed by atoms with E-state index in [0.29, 0.717) is 12.5 Å². The summed E-state index contributed by atoms with van der Waals surface area (Å²) < 4.78 is 0. The number of allylic oxidation sites excluding steroid dienone is 9. The van der Waals surface area contributed by atoms with Crippen molar-refractivity contribution in [1.29, 1.82) is 0 Å². The highest BCUT2D eigenvalue weighted by atomic mass is 14.8. The molecule has 1 unspecified atom stereocenters. The lowest BCUT2D eigenvalue weighted by Gasteiger charge is -2.26. The molecule has 5 aromatic carbocycles. The molecule has 2 nitrogen and oxygen atoms in total. The van der Waals surface area contributed by atoms with Gasteiger partial charge in [0, 0.05) is 12.1 Å². The molecule has 5 aromatic rings. The SMILES string of the molecule is C\C=C(/C=C(C(/C=C\C=C\N/C=C/CCCN)=C/c1ccccc1CC(C)C(c1ccccc1)c1ccccc1)\c1ccccc1)c1ccccc1. The van der Waals surface area contributed by atoms with Crippen molar-refractivity contribution in [3.05, 3.63) is 233 Å². The van der Waals surface area contributed by atoms with Crippen LogP contribution in [0.3, 0.4) is 0 Å². The van der Waals surface area contributed by atoms with Crippen LogP contribution in [0.2, 0.25) is 0 Å². The standard InChI is InChI=1S/C50H52N2/c1-3-41(42-23-9-4-10-24-42)39-49(43-25-11-5-12-26-43)48(33-19-22-36-52-35-21-8-20-34-51)38-47-32-18-17-31-46(47)37-40(2)50(44-27-13-6-14-28-44)45-29-15-7-16-30-45/h3-7,9-19,21-33,35-36,38-40,50,52H,8,20,34,37,51H2,1-2H3/b33-19-,35-21+,36-22+,41-3+,48-38+,49-39+. The molecular formula is C50H52N2. The van der Waals surface area contributed by atoms with Gasteiger partial charge in [-0.2, -0.15) is 0 Å². The zero-order valence-electron chi connectivity index (χ0n) is 30.6. The van der Waals surface area contributed by atoms with Crippen molar-refractivity contribution in [3.63, 3.8) is 0 Å². The Hall–Kier alpha value is -5.70. The fourth-order valence-corrected chi connectivity index (χ4v) is 6.66. The van der Waals surface area contributed by atoms with Gasteiger partial charge in [0.05, 0.1) is 0 Å². The zero-order chi connectivity index (χ0) is 36.2. The van der Waals surface area contributed by atoms with E-state index >= 15 is 0 Å². The summed E-state index contributed by atoms with van der Waals surface area (Å²) in [5.41, 5.74) is 16.7. The number of hydrogen-bond acceptors (Lipinski definition) is 2. The highest BCUT2D eigenvalue weighted by Gasteiger charge is 2.22. The van der Waals surface area contributed by atoms with Crippen molar-refractivity contribution >= 4 is 17.2 Å². The second kappa shape index (κ2) is 20.8. The van der Waals surface area contributed by atoms with E-state index in [-0.39, 0.29) is 5.92 Å². The van der Waals surface area contributed by atoms with Crippen LogP contribution in [0.4, 0.5) is 0 Å². The Morgan fingerprint density at radius 1 is 0.673 bits per heavy atom. The molecule has 0 aliphatic carbocycles. The summed E-state index contributed by atoms with van der Waals surface area (Å²) in [5, 5.41) is 3.26. The second-order valence-electron chi connectivity index (χ2n) is 13.0. The first-order valence-electron chi connectivity index (χ1n) is 18.5. The fourth-order valence-electron chi connectivity index (χ4n) is 6.66. The number of unbranched alkanes of at least 4 members (excludes halogenated alkanes) is 1. The van der Waals surface area contributed by atoms with E-state index < -0.39 is 0 Å². The third kappa shape index (κ3) is 11.2. The predicted molar refractivity (Wildman–Crippen MR) is 225 cm³/mol. The first kappa shape index (κ1) is 37.6. The lowest BCUT2D eigenvalue weighted by atomic mass is 9.78. The molecule has 262 valence electrons. The molecular weight excluding hydrogens is 629 g/mol. The molecule has 0 saturated heterocycles. The maximum absolute atomic E-state index is 5.63. The Balaban J connectivity index is 1.57. The molecule has 3 N–H and O–H groups in total. The van der Waals surface area contributed by atoms with E-state index in [4.69, 9.17) is 5.73 Å². The normalized spacial score (nSPS) is 13.4. The van der Waals surface area contributed by atoms with E-state index in [0.717, 1.165) is 36.0 Å². The van der Waals surface area contributed by atoms with Gasteiger partial charge in [-0.15, -0.1) is 0 Å². The molecule has 0 amide bonds. The van der Waals surface area contributed by atoms with Crippen LogP contribution in [0.15, 0.2) is 200 Å². The average molecular weight is 681 g/mol. The van der Waals surface area contributed by atoms with Gasteiger partial charge in [0.15, 0.2) is 0 Å². The maximum Gasteiger partial charge on any atom is 0.0118 e. The summed E-state index contributed by atoms with van der Waals surface area (Å²) in [4.78, 5) is 0. The molecule has 5 rings (SSSR count). The number of nitrogens with two attached hydrogens (primary N) is 1. The summed E-state index contributed by atoms with van der Waals surface area (Å²) in [7, 11) is 0. The first-order chi connectivity index (χ1) is 25.7. The molecule has 0 saturated carbocycles. The highest BCUT2D eigenvalue weighted by Crippen LogP contribution is 2.36. The van der Waals surface area contributed by atoms with Gasteiger partial charge >= 0.3 is 0 Å². The Labute approximate surface area is 312 Å². The van der Waals surface area contributed by atoms with Crippen LogP contribution < -0.4 is 11.1 Å². The summed E-state index contributed by atoms with van der Waals surface area (Å²) in [5.74, 6) is 0.644. The maximum atomic E-state index is 5.63. The lowest BCUT2D eigenvalue weighted by molar-refractivity contribution is 0.509. The van der Waals surface area contributed by atoms with Gasteiger partial charge in [-0.3, -0.25) is 0 Å². The van der Waals surface area contributed by atoms with Crippen LogP contribution in [-0.4, -0.2) is 6.54 Å². The first-order valence-corrected chi connectivity index (χ1v) is 18.5. The van der Waals surface area contributed by atoms with Gasteiger partial charge in [-0.05, 0) is 113 Å². The predicted octanol–water partition coefficient (Wildman–Crippen LogP) is 12.2. The molecule has 0 fully saturated rings. The molecule has 0 spiro atoms. The van der Waals surface area contributed by atoms with Crippen molar-refractivity contribution in [2.24, 2.45) is 11.7 Å². The largest absolute Gasteiger partial charge is 0.368 e. The minimum absolute atomic E-state index is 0.281. The Morgan fingerprint density at radius 2 is 1.25 bits per heavy atom. The molecule has 1 atom stereocenters. The van der Waals surface area contributed by atoms with E-state index in [9.17, 15) is 0 Å². The quantitative estimate of drug-likeness (QED) is 0.0758. The van der Waals surface area contributed by atoms with Crippen molar-refractivity contribution in [3.8, 4) is 0 Å². The van der Waals surface area contributed by atoms with Crippen LogP contribution in [0.25, 0.3) is 17.2 Å². The van der Waals surface area contributed by atoms with E-state index in [1.54, 1.807) is 0 Å². The number of rotatable bonds is 17. The topological polar surface area (TPSA) is 38.0 Å². The lowest BCUT2D eigenvalue weighted by Crippen LogP contribution is -2.14. The van der Waals surface area contributed by atoms with Gasteiger partial charge in [0.2, 0.25) is 0 Å². The Bertz CT molecular complexity index is 1920. The van der Waals surface area contributed by atoms with Crippen molar-refractivity contribution < 1.29 is 0 Å². The highest BCUT2D eigenvalue weighted by molar-refractivity contribution is 5.94. The van der Waals surface area contributed by atoms with Crippen molar-refractivity contribution in [2.45, 2.75) is 39.0 Å². The van der Waals surface area contributed by atoms with E-state index in [2.05, 4.69) is 207 Å². The molecule has 0 bridgehead atoms. The van der Waals surface area contributed by atoms with Crippen LogP contribution >= 0.6 is 0 Å². The minimum Gasteiger partial charge on any atom is -0.368 e. The van der Waals surface area contributed by atoms with Crippen molar-refractivity contribution in [2.75, 3.05) is 6.54 Å². The van der Waals surface area contributed by atoms with Gasteiger partial charge in [-0.25, -0.2) is 0 Å². The molecule has 52 heavy (non-hydrogen) atoms. The van der Waals surface area contributed by atoms with E-state index in [1.165, 1.54) is 33.4 Å². The summed E-state index contributed by atoms with van der Waals surface area (Å²) >= 11 is 0. The molecule has 0 aliphatic rings. The van der Waals surface area contributed by atoms with E-state index in [1.807, 2.05) is 12.4 Å². The molecule has 2 heteroatoms. The summed E-state index contributed by atoms with van der Waals surface area (Å²) in [6.07, 6.45) is 22.2. The zero-order valence-corrected chi connectivity index (χ0v) is 30.6. The Morgan fingerprint density at radius 3 is 1.87 bits per heavy atom. The van der Waals surface area contributed by atoms with Crippen LogP contribution in [0.1, 0.15) is 66.0 Å². The van der Waals surface area contributed by atoms with Gasteiger partial charge in [0.1, 0.15) is 0 Å².